The minimum Gasteiger partial charge on any atom is -0.387 e. The first-order chi connectivity index (χ1) is 9.83. The van der Waals surface area contributed by atoms with Crippen LogP contribution in [0.1, 0.15) is 6.42 Å². The van der Waals surface area contributed by atoms with E-state index in [1.165, 1.54) is 7.05 Å². The lowest BCUT2D eigenvalue weighted by atomic mass is 10.3. The van der Waals surface area contributed by atoms with Crippen molar-refractivity contribution < 1.29 is 18.1 Å². The van der Waals surface area contributed by atoms with Gasteiger partial charge in [0, 0.05) is 38.2 Å². The van der Waals surface area contributed by atoms with Crippen LogP contribution in [0.4, 0.5) is 11.4 Å². The number of amides is 1. The van der Waals surface area contributed by atoms with Crippen LogP contribution in [-0.4, -0.2) is 38.9 Å². The lowest BCUT2D eigenvalue weighted by molar-refractivity contribution is -0.384. The molecule has 1 atom stereocenters. The Morgan fingerprint density at radius 2 is 2.14 bits per heavy atom. The monoisotopic (exact) mass is 314 g/mol. The van der Waals surface area contributed by atoms with E-state index in [2.05, 4.69) is 15.4 Å². The molecule has 3 N–H and O–H groups in total. The molecule has 1 unspecified atom stereocenters. The van der Waals surface area contributed by atoms with E-state index in [1.54, 1.807) is 0 Å². The maximum atomic E-state index is 12.3. The molecule has 114 valence electrons. The van der Waals surface area contributed by atoms with Crippen molar-refractivity contribution in [1.29, 1.82) is 0 Å². The number of non-ortho nitro benzene ring substituents is 1. The summed E-state index contributed by atoms with van der Waals surface area (Å²) in [5, 5.41) is 15.9. The van der Waals surface area contributed by atoms with Crippen molar-refractivity contribution in [1.82, 2.24) is 10.0 Å². The summed E-state index contributed by atoms with van der Waals surface area (Å²) in [6.45, 7) is 0.222. The van der Waals surface area contributed by atoms with E-state index in [-0.39, 0.29) is 35.1 Å². The molecule has 1 saturated heterocycles. The lowest BCUT2D eigenvalue weighted by Crippen LogP contribution is -2.36. The Morgan fingerprint density at radius 3 is 2.67 bits per heavy atom. The maximum absolute atomic E-state index is 12.3. The number of nitro groups is 1. The van der Waals surface area contributed by atoms with Gasteiger partial charge in [-0.25, -0.2) is 13.1 Å². The predicted octanol–water partition coefficient (Wildman–Crippen LogP) is -0.197. The minimum absolute atomic E-state index is 0.0705. The number of nitrogens with one attached hydrogen (secondary N) is 3. The number of nitro benzene ring substituents is 1. The van der Waals surface area contributed by atoms with Crippen LogP contribution < -0.4 is 15.4 Å². The van der Waals surface area contributed by atoms with Crippen molar-refractivity contribution in [3.05, 3.63) is 28.3 Å². The molecule has 10 heteroatoms. The molecular formula is C11H14N4O5S. The van der Waals surface area contributed by atoms with Crippen LogP contribution in [0.3, 0.4) is 0 Å². The Labute approximate surface area is 120 Å². The first-order valence-electron chi connectivity index (χ1n) is 6.08. The summed E-state index contributed by atoms with van der Waals surface area (Å²) in [6.07, 6.45) is 0.0705. The molecule has 9 nitrogen and oxygen atoms in total. The third-order valence-corrected chi connectivity index (χ3v) is 4.61. The van der Waals surface area contributed by atoms with E-state index < -0.39 is 21.0 Å². The molecule has 21 heavy (non-hydrogen) atoms. The molecule has 1 amide bonds. The summed E-state index contributed by atoms with van der Waals surface area (Å²) in [7, 11) is -2.41. The molecule has 2 rings (SSSR count). The normalized spacial score (nSPS) is 18.3. The van der Waals surface area contributed by atoms with Crippen LogP contribution >= 0.6 is 0 Å². The third kappa shape index (κ3) is 3.28. The van der Waals surface area contributed by atoms with Crippen LogP contribution in [0.25, 0.3) is 0 Å². The molecule has 1 aliphatic heterocycles. The molecule has 0 bridgehead atoms. The summed E-state index contributed by atoms with van der Waals surface area (Å²) in [5.74, 6) is -0.222. The van der Waals surface area contributed by atoms with Crippen LogP contribution in [0, 0.1) is 10.1 Å². The van der Waals surface area contributed by atoms with Gasteiger partial charge in [-0.3, -0.25) is 14.9 Å². The molecule has 0 saturated carbocycles. The van der Waals surface area contributed by atoms with Gasteiger partial charge in [-0.05, 0) is 6.07 Å². The van der Waals surface area contributed by atoms with Gasteiger partial charge in [0.2, 0.25) is 15.9 Å². The van der Waals surface area contributed by atoms with E-state index in [0.717, 1.165) is 18.2 Å². The van der Waals surface area contributed by atoms with Crippen molar-refractivity contribution in [2.24, 2.45) is 0 Å². The third-order valence-electron chi connectivity index (χ3n) is 3.03. The fourth-order valence-corrected chi connectivity index (χ4v) is 3.46. The van der Waals surface area contributed by atoms with E-state index in [0.29, 0.717) is 0 Å². The lowest BCUT2D eigenvalue weighted by Gasteiger charge is -2.14. The van der Waals surface area contributed by atoms with Crippen molar-refractivity contribution in [2.75, 3.05) is 18.9 Å². The summed E-state index contributed by atoms with van der Waals surface area (Å²) < 4.78 is 27.0. The first kappa shape index (κ1) is 15.2. The van der Waals surface area contributed by atoms with Gasteiger partial charge in [-0.1, -0.05) is 0 Å². The Morgan fingerprint density at radius 1 is 1.43 bits per heavy atom. The second kappa shape index (κ2) is 5.66. The zero-order chi connectivity index (χ0) is 15.6. The molecule has 0 aliphatic carbocycles. The molecule has 1 aromatic rings. The van der Waals surface area contributed by atoms with Gasteiger partial charge in [-0.15, -0.1) is 0 Å². The van der Waals surface area contributed by atoms with Crippen molar-refractivity contribution in [3.63, 3.8) is 0 Å². The number of rotatable bonds is 5. The molecule has 1 heterocycles. The van der Waals surface area contributed by atoms with Crippen LogP contribution in [0.2, 0.25) is 0 Å². The van der Waals surface area contributed by atoms with E-state index in [9.17, 15) is 23.3 Å². The zero-order valence-electron chi connectivity index (χ0n) is 11.1. The molecule has 0 spiro atoms. The number of carbonyl (C=O) groups is 1. The second-order valence-corrected chi connectivity index (χ2v) is 6.20. The highest BCUT2D eigenvalue weighted by Gasteiger charge is 2.28. The number of sulfonamides is 1. The van der Waals surface area contributed by atoms with Gasteiger partial charge in [-0.2, -0.15) is 0 Å². The van der Waals surface area contributed by atoms with Crippen molar-refractivity contribution in [3.8, 4) is 0 Å². The fourth-order valence-electron chi connectivity index (χ4n) is 2.03. The number of anilines is 1. The number of hydrogen-bond acceptors (Lipinski definition) is 6. The Kier molecular flexibility index (Phi) is 4.09. The van der Waals surface area contributed by atoms with Gasteiger partial charge in [0.05, 0.1) is 10.6 Å². The molecule has 1 aromatic carbocycles. The highest BCUT2D eigenvalue weighted by molar-refractivity contribution is 7.89. The maximum Gasteiger partial charge on any atom is 0.271 e. The van der Waals surface area contributed by atoms with E-state index in [1.807, 2.05) is 0 Å². The fraction of sp³-hybridized carbons (Fsp3) is 0.364. The Balaban J connectivity index is 2.31. The van der Waals surface area contributed by atoms with Crippen LogP contribution in [0.15, 0.2) is 23.1 Å². The largest absolute Gasteiger partial charge is 0.387 e. The summed E-state index contributed by atoms with van der Waals surface area (Å²) in [6, 6.07) is 2.90. The molecular weight excluding hydrogens is 300 g/mol. The van der Waals surface area contributed by atoms with Crippen molar-refractivity contribution in [2.45, 2.75) is 17.4 Å². The first-order valence-corrected chi connectivity index (χ1v) is 7.57. The number of benzene rings is 1. The summed E-state index contributed by atoms with van der Waals surface area (Å²) >= 11 is 0. The van der Waals surface area contributed by atoms with E-state index in [4.69, 9.17) is 0 Å². The highest BCUT2D eigenvalue weighted by atomic mass is 32.2. The molecule has 1 fully saturated rings. The number of nitrogens with zero attached hydrogens (tertiary/aromatic N) is 1. The highest BCUT2D eigenvalue weighted by Crippen LogP contribution is 2.26. The van der Waals surface area contributed by atoms with Gasteiger partial charge < -0.3 is 10.6 Å². The van der Waals surface area contributed by atoms with Gasteiger partial charge >= 0.3 is 0 Å². The SMILES string of the molecule is CNc1cc([N+](=O)[O-])ccc1S(=O)(=O)NC1CNC(=O)C1. The average molecular weight is 314 g/mol. The summed E-state index contributed by atoms with van der Waals surface area (Å²) in [4.78, 5) is 21.1. The second-order valence-electron chi connectivity index (χ2n) is 4.51. The summed E-state index contributed by atoms with van der Waals surface area (Å²) in [5.41, 5.74) is -0.0926. The zero-order valence-corrected chi connectivity index (χ0v) is 11.9. The Bertz CT molecular complexity index is 688. The molecule has 1 aliphatic rings. The number of carbonyl (C=O) groups excluding carboxylic acids is 1. The predicted molar refractivity (Wildman–Crippen MR) is 74.4 cm³/mol. The minimum atomic E-state index is -3.88. The molecule has 0 aromatic heterocycles. The number of hydrogen-bond donors (Lipinski definition) is 3. The average Bonchev–Trinajstić information content (AvgIpc) is 2.82. The molecule has 0 radical (unpaired) electrons. The Hall–Kier alpha value is -2.20. The van der Waals surface area contributed by atoms with Crippen LogP contribution in [0.5, 0.6) is 0 Å². The van der Waals surface area contributed by atoms with Gasteiger partial charge in [0.1, 0.15) is 4.90 Å². The van der Waals surface area contributed by atoms with Crippen LogP contribution in [-0.2, 0) is 14.8 Å². The topological polar surface area (TPSA) is 130 Å². The van der Waals surface area contributed by atoms with Gasteiger partial charge in [0.15, 0.2) is 0 Å². The smallest absolute Gasteiger partial charge is 0.271 e. The quantitative estimate of drug-likeness (QED) is 0.510. The van der Waals surface area contributed by atoms with E-state index >= 15 is 0 Å². The standard InChI is InChI=1S/C11H14N4O5S/c1-12-9-5-8(15(17)18)2-3-10(9)21(19,20)14-7-4-11(16)13-6-7/h2-3,5,7,12,14H,4,6H2,1H3,(H,13,16). The van der Waals surface area contributed by atoms with Gasteiger partial charge in [0.25, 0.3) is 5.69 Å². The van der Waals surface area contributed by atoms with Crippen molar-refractivity contribution >= 4 is 27.3 Å².